The number of aromatic nitrogens is 1. The maximum atomic E-state index is 12.8. The minimum Gasteiger partial charge on any atom is -0.367 e. The first-order chi connectivity index (χ1) is 7.91. The molecule has 17 heavy (non-hydrogen) atoms. The maximum absolute atomic E-state index is 12.8. The van der Waals surface area contributed by atoms with Crippen molar-refractivity contribution in [3.63, 3.8) is 0 Å². The number of benzene rings is 1. The van der Waals surface area contributed by atoms with Crippen molar-refractivity contribution < 1.29 is 17.7 Å². The molecule has 3 nitrogen and oxygen atoms in total. The normalized spacial score (nSPS) is 11.8. The maximum Gasteiger partial charge on any atom is 0.417 e. The third-order valence-electron chi connectivity index (χ3n) is 2.19. The van der Waals surface area contributed by atoms with Gasteiger partial charge in [0.2, 0.25) is 5.88 Å². The molecular formula is C10H6ClF3N2O. The molecule has 1 aromatic heterocycles. The standard InChI is InChI=1S/C10H6ClF3N2O/c11-7-3-1-2-6(10(12,13)14)8(7)5-4-16-17-9(5)15/h1-4H,15H2. The van der Waals surface area contributed by atoms with Crippen LogP contribution in [0.2, 0.25) is 5.02 Å². The van der Waals surface area contributed by atoms with E-state index in [0.29, 0.717) is 0 Å². The summed E-state index contributed by atoms with van der Waals surface area (Å²) in [6.07, 6.45) is -3.42. The topological polar surface area (TPSA) is 52.0 Å². The highest BCUT2D eigenvalue weighted by molar-refractivity contribution is 6.33. The van der Waals surface area contributed by atoms with Gasteiger partial charge < -0.3 is 10.3 Å². The summed E-state index contributed by atoms with van der Waals surface area (Å²) in [7, 11) is 0. The Labute approximate surface area is 99.0 Å². The number of anilines is 1. The lowest BCUT2D eigenvalue weighted by molar-refractivity contribution is -0.137. The third-order valence-corrected chi connectivity index (χ3v) is 2.50. The number of rotatable bonds is 1. The summed E-state index contributed by atoms with van der Waals surface area (Å²) in [4.78, 5) is 0. The Bertz CT molecular complexity index is 551. The summed E-state index contributed by atoms with van der Waals surface area (Å²) in [5.74, 6) is -0.205. The number of alkyl halides is 3. The van der Waals surface area contributed by atoms with Crippen LogP contribution in [0.1, 0.15) is 5.56 Å². The van der Waals surface area contributed by atoms with Crippen LogP contribution >= 0.6 is 11.6 Å². The van der Waals surface area contributed by atoms with Gasteiger partial charge in [-0.15, -0.1) is 0 Å². The molecule has 1 aromatic carbocycles. The van der Waals surface area contributed by atoms with Gasteiger partial charge in [0.1, 0.15) is 0 Å². The zero-order valence-corrected chi connectivity index (χ0v) is 9.01. The Kier molecular flexibility index (Phi) is 2.74. The second-order valence-electron chi connectivity index (χ2n) is 3.26. The highest BCUT2D eigenvalue weighted by atomic mass is 35.5. The fourth-order valence-electron chi connectivity index (χ4n) is 1.47. The van der Waals surface area contributed by atoms with Crippen molar-refractivity contribution in [2.24, 2.45) is 0 Å². The van der Waals surface area contributed by atoms with Gasteiger partial charge in [-0.1, -0.05) is 22.8 Å². The molecule has 0 radical (unpaired) electrons. The van der Waals surface area contributed by atoms with E-state index >= 15 is 0 Å². The summed E-state index contributed by atoms with van der Waals surface area (Å²) >= 11 is 5.77. The Morgan fingerprint density at radius 2 is 2.00 bits per heavy atom. The summed E-state index contributed by atoms with van der Waals surface area (Å²) in [5.41, 5.74) is 4.33. The second kappa shape index (κ2) is 3.96. The zero-order chi connectivity index (χ0) is 12.6. The molecule has 0 saturated heterocycles. The SMILES string of the molecule is Nc1oncc1-c1c(Cl)cccc1C(F)(F)F. The quantitative estimate of drug-likeness (QED) is 0.854. The number of nitrogen functional groups attached to an aromatic ring is 1. The molecule has 0 saturated carbocycles. The molecule has 0 amide bonds. The molecule has 0 atom stereocenters. The van der Waals surface area contributed by atoms with Crippen molar-refractivity contribution in [2.75, 3.05) is 5.73 Å². The van der Waals surface area contributed by atoms with Crippen molar-refractivity contribution in [3.05, 3.63) is 35.0 Å². The van der Waals surface area contributed by atoms with Gasteiger partial charge in [0.25, 0.3) is 0 Å². The van der Waals surface area contributed by atoms with Crippen molar-refractivity contribution in [1.29, 1.82) is 0 Å². The zero-order valence-electron chi connectivity index (χ0n) is 8.25. The van der Waals surface area contributed by atoms with Gasteiger partial charge in [0.15, 0.2) is 0 Å². The van der Waals surface area contributed by atoms with Gasteiger partial charge in [-0.05, 0) is 12.1 Å². The van der Waals surface area contributed by atoms with Crippen LogP contribution in [0.25, 0.3) is 11.1 Å². The smallest absolute Gasteiger partial charge is 0.367 e. The van der Waals surface area contributed by atoms with Crippen LogP contribution in [-0.4, -0.2) is 5.16 Å². The number of halogens is 4. The molecule has 1 heterocycles. The minimum absolute atomic E-state index is 0.0305. The Balaban J connectivity index is 2.73. The van der Waals surface area contributed by atoms with Crippen molar-refractivity contribution in [1.82, 2.24) is 5.16 Å². The van der Waals surface area contributed by atoms with E-state index in [2.05, 4.69) is 9.68 Å². The van der Waals surface area contributed by atoms with Crippen LogP contribution < -0.4 is 5.73 Å². The average molecular weight is 263 g/mol. The van der Waals surface area contributed by atoms with E-state index < -0.39 is 11.7 Å². The first-order valence-electron chi connectivity index (χ1n) is 4.47. The number of nitrogens with zero attached hydrogens (tertiary/aromatic N) is 1. The minimum atomic E-state index is -4.52. The van der Waals surface area contributed by atoms with E-state index in [1.807, 2.05) is 0 Å². The van der Waals surface area contributed by atoms with Crippen LogP contribution in [0.4, 0.5) is 19.1 Å². The number of nitrogens with two attached hydrogens (primary N) is 1. The molecule has 2 N–H and O–H groups in total. The lowest BCUT2D eigenvalue weighted by atomic mass is 10.0. The molecule has 0 aliphatic heterocycles. The Hall–Kier alpha value is -1.69. The van der Waals surface area contributed by atoms with Gasteiger partial charge in [0, 0.05) is 10.6 Å². The van der Waals surface area contributed by atoms with Crippen molar-refractivity contribution in [3.8, 4) is 11.1 Å². The van der Waals surface area contributed by atoms with E-state index in [0.717, 1.165) is 12.3 Å². The van der Waals surface area contributed by atoms with Crippen molar-refractivity contribution >= 4 is 17.5 Å². The molecular weight excluding hydrogens is 257 g/mol. The van der Waals surface area contributed by atoms with E-state index in [9.17, 15) is 13.2 Å². The van der Waals surface area contributed by atoms with Crippen molar-refractivity contribution in [2.45, 2.75) is 6.18 Å². The molecule has 2 aromatic rings. The van der Waals surface area contributed by atoms with Gasteiger partial charge in [-0.2, -0.15) is 13.2 Å². The van der Waals surface area contributed by atoms with E-state index in [1.165, 1.54) is 12.1 Å². The Morgan fingerprint density at radius 3 is 2.53 bits per heavy atom. The first-order valence-corrected chi connectivity index (χ1v) is 4.85. The van der Waals surface area contributed by atoms with E-state index in [4.69, 9.17) is 17.3 Å². The average Bonchev–Trinajstić information content (AvgIpc) is 2.62. The molecule has 0 unspecified atom stereocenters. The lowest BCUT2D eigenvalue weighted by Crippen LogP contribution is -2.07. The highest BCUT2D eigenvalue weighted by Crippen LogP contribution is 2.42. The summed E-state index contributed by atoms with van der Waals surface area (Å²) < 4.78 is 42.9. The van der Waals surface area contributed by atoms with Gasteiger partial charge >= 0.3 is 6.18 Å². The predicted octanol–water partition coefficient (Wildman–Crippen LogP) is 3.60. The number of hydrogen-bond donors (Lipinski definition) is 1. The summed E-state index contributed by atoms with van der Waals surface area (Å²) in [6, 6.07) is 3.49. The summed E-state index contributed by atoms with van der Waals surface area (Å²) in [6.45, 7) is 0. The molecule has 0 fully saturated rings. The molecule has 0 aliphatic rings. The molecule has 0 aliphatic carbocycles. The van der Waals surface area contributed by atoms with Crippen LogP contribution in [0, 0.1) is 0 Å². The van der Waals surface area contributed by atoms with Crippen LogP contribution in [0.5, 0.6) is 0 Å². The molecule has 0 spiro atoms. The van der Waals surface area contributed by atoms with Gasteiger partial charge in [-0.25, -0.2) is 0 Å². The molecule has 2 rings (SSSR count). The molecule has 0 bridgehead atoms. The molecule has 7 heteroatoms. The first kappa shape index (κ1) is 11.8. The second-order valence-corrected chi connectivity index (χ2v) is 3.67. The fraction of sp³-hybridized carbons (Fsp3) is 0.100. The van der Waals surface area contributed by atoms with Crippen LogP contribution in [0.3, 0.4) is 0 Å². The lowest BCUT2D eigenvalue weighted by Gasteiger charge is -2.12. The fourth-order valence-corrected chi connectivity index (χ4v) is 1.75. The molecule has 90 valence electrons. The Morgan fingerprint density at radius 1 is 1.29 bits per heavy atom. The predicted molar refractivity (Wildman–Crippen MR) is 56.4 cm³/mol. The summed E-state index contributed by atoms with van der Waals surface area (Å²) in [5, 5.41) is 3.28. The largest absolute Gasteiger partial charge is 0.417 e. The third kappa shape index (κ3) is 2.08. The van der Waals surface area contributed by atoms with E-state index in [1.54, 1.807) is 0 Å². The number of hydrogen-bond acceptors (Lipinski definition) is 3. The van der Waals surface area contributed by atoms with E-state index in [-0.39, 0.29) is 22.0 Å². The van der Waals surface area contributed by atoms with Gasteiger partial charge in [-0.3, -0.25) is 0 Å². The van der Waals surface area contributed by atoms with Gasteiger partial charge in [0.05, 0.1) is 17.3 Å². The van der Waals surface area contributed by atoms with Crippen LogP contribution in [-0.2, 0) is 6.18 Å². The van der Waals surface area contributed by atoms with Crippen LogP contribution in [0.15, 0.2) is 28.9 Å². The highest BCUT2D eigenvalue weighted by Gasteiger charge is 2.35. The monoisotopic (exact) mass is 262 g/mol.